The molecule has 4 rings (SSSR count). The number of carboxylic acids is 1. The third-order valence-electron chi connectivity index (χ3n) is 3.49. The van der Waals surface area contributed by atoms with Gasteiger partial charge in [0.15, 0.2) is 0 Å². The van der Waals surface area contributed by atoms with E-state index in [1.165, 1.54) is 11.6 Å². The predicted molar refractivity (Wildman–Crippen MR) is 100 cm³/mol. The average Bonchev–Trinajstić information content (AvgIpc) is 3.29. The second-order valence-corrected chi connectivity index (χ2v) is 5.61. The highest BCUT2D eigenvalue weighted by Gasteiger charge is 2.15. The van der Waals surface area contributed by atoms with Crippen molar-refractivity contribution in [3.63, 3.8) is 0 Å². The molecule has 2 heterocycles. The van der Waals surface area contributed by atoms with Crippen molar-refractivity contribution >= 4 is 11.7 Å². The minimum absolute atomic E-state index is 0.138. The van der Waals surface area contributed by atoms with Crippen LogP contribution in [-0.4, -0.2) is 39.5 Å². The Hall–Kier alpha value is -3.89. The van der Waals surface area contributed by atoms with E-state index in [1.807, 2.05) is 18.2 Å². The molecule has 0 fully saturated rings. The molecule has 0 radical (unpaired) electrons. The van der Waals surface area contributed by atoms with E-state index >= 15 is 0 Å². The van der Waals surface area contributed by atoms with Gasteiger partial charge in [-0.1, -0.05) is 18.2 Å². The summed E-state index contributed by atoms with van der Waals surface area (Å²) in [4.78, 5) is 27.3. The standard InChI is InChI=1S/C8H7NO3.C8H8O.C2H4O2.HNO3/c10-9(11)7-1-2-8-6(5-7)3-4-12-8;1-2-4-8-7(3-1)5-6-9-8;1-2(3)4;2-1(3)4/h1-2,5H,3-4H2;1-4H,5-6H2;1H3,(H,3,4);(H,2,3,4). The molecule has 2 N–H and O–H groups in total. The van der Waals surface area contributed by atoms with Crippen molar-refractivity contribution in [2.75, 3.05) is 13.2 Å². The lowest BCUT2D eigenvalue weighted by atomic mass is 10.1. The Balaban J connectivity index is 0.000000218. The summed E-state index contributed by atoms with van der Waals surface area (Å²) in [5.74, 6) is 1.01. The number of benzene rings is 2. The van der Waals surface area contributed by atoms with Gasteiger partial charge in [0, 0.05) is 37.5 Å². The number of rotatable bonds is 1. The molecule has 0 unspecified atom stereocenters. The molecular formula is C18H20N2O9. The van der Waals surface area contributed by atoms with Gasteiger partial charge in [-0.15, -0.1) is 10.1 Å². The third-order valence-corrected chi connectivity index (χ3v) is 3.49. The molecule has 0 saturated heterocycles. The molecule has 0 amide bonds. The number of carbonyl (C=O) groups is 1. The van der Waals surface area contributed by atoms with E-state index in [0.717, 1.165) is 43.4 Å². The van der Waals surface area contributed by atoms with E-state index < -0.39 is 16.0 Å². The molecule has 0 aromatic heterocycles. The van der Waals surface area contributed by atoms with Crippen LogP contribution in [0.2, 0.25) is 0 Å². The summed E-state index contributed by atoms with van der Waals surface area (Å²) >= 11 is 0. The molecule has 2 aromatic carbocycles. The minimum Gasteiger partial charge on any atom is -0.493 e. The number of hydrogen-bond acceptors (Lipinski definition) is 7. The van der Waals surface area contributed by atoms with E-state index in [4.69, 9.17) is 34.7 Å². The van der Waals surface area contributed by atoms with Crippen molar-refractivity contribution in [3.8, 4) is 11.5 Å². The van der Waals surface area contributed by atoms with Gasteiger partial charge in [-0.2, -0.15) is 0 Å². The predicted octanol–water partition coefficient (Wildman–Crippen LogP) is 2.89. The summed E-state index contributed by atoms with van der Waals surface area (Å²) in [5, 5.41) is 31.4. The zero-order chi connectivity index (χ0) is 21.8. The Morgan fingerprint density at radius 1 is 0.966 bits per heavy atom. The van der Waals surface area contributed by atoms with Crippen molar-refractivity contribution in [1.29, 1.82) is 0 Å². The van der Waals surface area contributed by atoms with Gasteiger partial charge >= 0.3 is 0 Å². The SMILES string of the molecule is CC(=O)O.O=[N+]([O-])O.O=[N+]([O-])c1ccc2c(c1)CCO2.c1ccc2c(c1)CCO2. The van der Waals surface area contributed by atoms with Gasteiger partial charge in [-0.25, -0.2) is 0 Å². The number of para-hydroxylation sites is 1. The highest BCUT2D eigenvalue weighted by Crippen LogP contribution is 2.28. The van der Waals surface area contributed by atoms with Gasteiger partial charge in [-0.05, 0) is 17.7 Å². The number of nitrogens with zero attached hydrogens (tertiary/aromatic N) is 2. The van der Waals surface area contributed by atoms with Crippen LogP contribution in [-0.2, 0) is 17.6 Å². The molecule has 0 atom stereocenters. The fourth-order valence-corrected chi connectivity index (χ4v) is 2.41. The van der Waals surface area contributed by atoms with Crippen LogP contribution in [0.5, 0.6) is 11.5 Å². The summed E-state index contributed by atoms with van der Waals surface area (Å²) in [6, 6.07) is 12.9. The van der Waals surface area contributed by atoms with Crippen molar-refractivity contribution in [2.24, 2.45) is 0 Å². The third kappa shape index (κ3) is 9.04. The number of ether oxygens (including phenoxy) is 2. The van der Waals surface area contributed by atoms with Crippen LogP contribution >= 0.6 is 0 Å². The van der Waals surface area contributed by atoms with Crippen molar-refractivity contribution in [2.45, 2.75) is 19.8 Å². The Labute approximate surface area is 165 Å². The lowest BCUT2D eigenvalue weighted by Gasteiger charge is -1.96. The summed E-state index contributed by atoms with van der Waals surface area (Å²) in [5.41, 5.74) is 2.42. The van der Waals surface area contributed by atoms with Gasteiger partial charge in [-0.3, -0.25) is 14.9 Å². The summed E-state index contributed by atoms with van der Waals surface area (Å²) < 4.78 is 10.5. The van der Waals surface area contributed by atoms with Crippen molar-refractivity contribution in [3.05, 3.63) is 73.8 Å². The first-order valence-electron chi connectivity index (χ1n) is 8.34. The second-order valence-electron chi connectivity index (χ2n) is 5.61. The monoisotopic (exact) mass is 408 g/mol. The topological polar surface area (TPSA) is 162 Å². The van der Waals surface area contributed by atoms with Crippen molar-refractivity contribution < 1.29 is 34.6 Å². The van der Waals surface area contributed by atoms with Crippen LogP contribution in [0.4, 0.5) is 5.69 Å². The summed E-state index contributed by atoms with van der Waals surface area (Å²) in [7, 11) is 0. The number of fused-ring (bicyclic) bond motifs is 2. The Bertz CT molecular complexity index is 812. The Kier molecular flexibility index (Phi) is 9.38. The molecular weight excluding hydrogens is 388 g/mol. The molecule has 0 saturated carbocycles. The first-order valence-corrected chi connectivity index (χ1v) is 8.34. The van der Waals surface area contributed by atoms with Crippen LogP contribution in [0.15, 0.2) is 42.5 Å². The highest BCUT2D eigenvalue weighted by molar-refractivity contribution is 5.62. The van der Waals surface area contributed by atoms with Gasteiger partial charge in [0.1, 0.15) is 11.5 Å². The highest BCUT2D eigenvalue weighted by atomic mass is 16.9. The smallest absolute Gasteiger partial charge is 0.300 e. The van der Waals surface area contributed by atoms with Crippen molar-refractivity contribution in [1.82, 2.24) is 0 Å². The minimum atomic E-state index is -1.50. The molecule has 29 heavy (non-hydrogen) atoms. The average molecular weight is 408 g/mol. The van der Waals surface area contributed by atoms with E-state index in [2.05, 4.69) is 6.07 Å². The lowest BCUT2D eigenvalue weighted by Crippen LogP contribution is -1.88. The van der Waals surface area contributed by atoms with E-state index in [1.54, 1.807) is 12.1 Å². The molecule has 0 bridgehead atoms. The summed E-state index contributed by atoms with van der Waals surface area (Å²) in [6.45, 7) is 2.58. The van der Waals surface area contributed by atoms with Gasteiger partial charge in [0.2, 0.25) is 0 Å². The van der Waals surface area contributed by atoms with Gasteiger partial charge in [0.25, 0.3) is 16.7 Å². The number of nitro groups is 1. The normalized spacial score (nSPS) is 11.9. The van der Waals surface area contributed by atoms with Gasteiger partial charge < -0.3 is 19.8 Å². The number of carboxylic acid groups (broad SMARTS) is 1. The lowest BCUT2D eigenvalue weighted by molar-refractivity contribution is -0.742. The molecule has 2 aromatic rings. The van der Waals surface area contributed by atoms with Crippen LogP contribution in [0.1, 0.15) is 18.1 Å². The number of aliphatic carboxylic acids is 1. The molecule has 11 heteroatoms. The van der Waals surface area contributed by atoms with E-state index in [-0.39, 0.29) is 5.69 Å². The fourth-order valence-electron chi connectivity index (χ4n) is 2.41. The zero-order valence-corrected chi connectivity index (χ0v) is 15.5. The Morgan fingerprint density at radius 3 is 1.97 bits per heavy atom. The van der Waals surface area contributed by atoms with Crippen LogP contribution < -0.4 is 9.47 Å². The fraction of sp³-hybridized carbons (Fsp3) is 0.278. The number of non-ortho nitro benzene ring substituents is 1. The first kappa shape index (κ1) is 23.1. The Morgan fingerprint density at radius 2 is 1.45 bits per heavy atom. The summed E-state index contributed by atoms with van der Waals surface area (Å²) in [6.07, 6.45) is 1.85. The van der Waals surface area contributed by atoms with Crippen LogP contribution in [0.25, 0.3) is 0 Å². The molecule has 156 valence electrons. The second kappa shape index (κ2) is 11.7. The molecule has 2 aliphatic heterocycles. The molecule has 0 spiro atoms. The maximum absolute atomic E-state index is 10.4. The zero-order valence-electron chi connectivity index (χ0n) is 15.5. The largest absolute Gasteiger partial charge is 0.493 e. The quantitative estimate of drug-likeness (QED) is 0.533. The molecule has 11 nitrogen and oxygen atoms in total. The maximum Gasteiger partial charge on any atom is 0.300 e. The molecule has 0 aliphatic carbocycles. The first-order chi connectivity index (χ1) is 13.7. The number of nitro benzene ring substituents is 1. The maximum atomic E-state index is 10.4. The van der Waals surface area contributed by atoms with Crippen LogP contribution in [0, 0.1) is 20.2 Å². The van der Waals surface area contributed by atoms with E-state index in [9.17, 15) is 10.1 Å². The van der Waals surface area contributed by atoms with Crippen LogP contribution in [0.3, 0.4) is 0 Å². The van der Waals surface area contributed by atoms with Gasteiger partial charge in [0.05, 0.1) is 18.1 Å². The molecule has 2 aliphatic rings. The van der Waals surface area contributed by atoms with E-state index in [0.29, 0.717) is 6.61 Å². The number of hydrogen-bond donors (Lipinski definition) is 2.